The van der Waals surface area contributed by atoms with E-state index in [-0.39, 0.29) is 6.04 Å². The number of anilines is 2. The second-order valence-corrected chi connectivity index (χ2v) is 9.34. The zero-order valence-electron chi connectivity index (χ0n) is 19.8. The van der Waals surface area contributed by atoms with Crippen molar-refractivity contribution in [3.63, 3.8) is 0 Å². The second-order valence-electron chi connectivity index (χ2n) is 9.34. The van der Waals surface area contributed by atoms with Crippen LogP contribution in [0.4, 0.5) is 11.4 Å². The number of para-hydroxylation sites is 1. The van der Waals surface area contributed by atoms with Crippen LogP contribution in [0, 0.1) is 0 Å². The predicted octanol–water partition coefficient (Wildman–Crippen LogP) is 9.43. The Balaban J connectivity index is 1.40. The Bertz CT molecular complexity index is 1770. The van der Waals surface area contributed by atoms with Crippen molar-refractivity contribution in [2.75, 3.05) is 4.90 Å². The molecule has 0 saturated carbocycles. The Morgan fingerprint density at radius 3 is 2.25 bits per heavy atom. The van der Waals surface area contributed by atoms with E-state index in [0.29, 0.717) is 0 Å². The number of nitrogens with zero attached hydrogens (tertiary/aromatic N) is 1. The van der Waals surface area contributed by atoms with Crippen molar-refractivity contribution in [2.24, 2.45) is 0 Å². The quantitative estimate of drug-likeness (QED) is 0.259. The van der Waals surface area contributed by atoms with E-state index in [1.54, 1.807) is 0 Å². The van der Waals surface area contributed by atoms with Crippen LogP contribution in [0.5, 0.6) is 0 Å². The third-order valence-electron chi connectivity index (χ3n) is 7.16. The molecule has 2 heteroatoms. The Morgan fingerprint density at radius 1 is 0.611 bits per heavy atom. The molecule has 36 heavy (non-hydrogen) atoms. The molecule has 1 heterocycles. The van der Waals surface area contributed by atoms with Crippen LogP contribution in [0.15, 0.2) is 138 Å². The van der Waals surface area contributed by atoms with E-state index in [1.165, 1.54) is 27.6 Å². The molecule has 1 aromatic heterocycles. The van der Waals surface area contributed by atoms with E-state index in [0.717, 1.165) is 34.0 Å². The lowest BCUT2D eigenvalue weighted by molar-refractivity contribution is 0.669. The zero-order chi connectivity index (χ0) is 23.9. The SMILES string of the molecule is C1=CCC(N(c2ccccc2)c2ccc3oc4ccc(-c5cccc6ccccc56)cc4c3c2)C=C1. The van der Waals surface area contributed by atoms with Gasteiger partial charge in [0.2, 0.25) is 0 Å². The Morgan fingerprint density at radius 2 is 1.39 bits per heavy atom. The van der Waals surface area contributed by atoms with Gasteiger partial charge >= 0.3 is 0 Å². The maximum atomic E-state index is 6.27. The number of furan rings is 1. The van der Waals surface area contributed by atoms with Gasteiger partial charge in [0.05, 0.1) is 6.04 Å². The summed E-state index contributed by atoms with van der Waals surface area (Å²) in [5, 5.41) is 4.80. The van der Waals surface area contributed by atoms with Crippen LogP contribution >= 0.6 is 0 Å². The van der Waals surface area contributed by atoms with Crippen LogP contribution in [-0.4, -0.2) is 6.04 Å². The van der Waals surface area contributed by atoms with Crippen molar-refractivity contribution >= 4 is 44.1 Å². The number of hydrogen-bond donors (Lipinski definition) is 0. The normalized spacial score (nSPS) is 15.2. The Labute approximate surface area is 210 Å². The lowest BCUT2D eigenvalue weighted by atomic mass is 9.97. The van der Waals surface area contributed by atoms with Gasteiger partial charge in [-0.15, -0.1) is 0 Å². The highest BCUT2D eigenvalue weighted by atomic mass is 16.3. The molecular weight excluding hydrogens is 438 g/mol. The van der Waals surface area contributed by atoms with E-state index in [1.807, 2.05) is 0 Å². The van der Waals surface area contributed by atoms with Gasteiger partial charge in [-0.25, -0.2) is 0 Å². The van der Waals surface area contributed by atoms with Gasteiger partial charge in [0.15, 0.2) is 0 Å². The Hall–Kier alpha value is -4.56. The molecule has 172 valence electrons. The first-order chi connectivity index (χ1) is 17.8. The van der Waals surface area contributed by atoms with Crippen molar-refractivity contribution in [3.05, 3.63) is 133 Å². The van der Waals surface area contributed by atoms with Gasteiger partial charge in [0, 0.05) is 22.1 Å². The van der Waals surface area contributed by atoms with Crippen LogP contribution in [0.25, 0.3) is 43.8 Å². The van der Waals surface area contributed by atoms with Gasteiger partial charge in [0.25, 0.3) is 0 Å². The highest BCUT2D eigenvalue weighted by molar-refractivity contribution is 6.08. The second kappa shape index (κ2) is 8.58. The first kappa shape index (κ1) is 20.8. The Kier molecular flexibility index (Phi) is 4.96. The molecule has 0 bridgehead atoms. The van der Waals surface area contributed by atoms with Crippen molar-refractivity contribution in [1.29, 1.82) is 0 Å². The van der Waals surface area contributed by atoms with Gasteiger partial charge in [-0.1, -0.05) is 91.0 Å². The molecule has 0 fully saturated rings. The van der Waals surface area contributed by atoms with Crippen LogP contribution in [0.2, 0.25) is 0 Å². The largest absolute Gasteiger partial charge is 0.456 e. The minimum absolute atomic E-state index is 0.263. The van der Waals surface area contributed by atoms with E-state index in [2.05, 4.69) is 138 Å². The average Bonchev–Trinajstić information content (AvgIpc) is 3.31. The zero-order valence-corrected chi connectivity index (χ0v) is 19.8. The minimum atomic E-state index is 0.263. The molecule has 0 spiro atoms. The molecule has 0 amide bonds. The minimum Gasteiger partial charge on any atom is -0.456 e. The lowest BCUT2D eigenvalue weighted by Gasteiger charge is -2.32. The third-order valence-corrected chi connectivity index (χ3v) is 7.16. The predicted molar refractivity (Wildman–Crippen MR) is 152 cm³/mol. The lowest BCUT2D eigenvalue weighted by Crippen LogP contribution is -2.29. The molecule has 5 aromatic carbocycles. The van der Waals surface area contributed by atoms with E-state index >= 15 is 0 Å². The topological polar surface area (TPSA) is 16.4 Å². The summed E-state index contributed by atoms with van der Waals surface area (Å²) in [6.45, 7) is 0. The summed E-state index contributed by atoms with van der Waals surface area (Å²) < 4.78 is 6.27. The molecule has 1 aliphatic rings. The maximum Gasteiger partial charge on any atom is 0.135 e. The molecule has 2 nitrogen and oxygen atoms in total. The van der Waals surface area contributed by atoms with Crippen molar-refractivity contribution in [2.45, 2.75) is 12.5 Å². The fourth-order valence-corrected chi connectivity index (χ4v) is 5.44. The number of allylic oxidation sites excluding steroid dienone is 2. The molecule has 6 aromatic rings. The summed E-state index contributed by atoms with van der Waals surface area (Å²) >= 11 is 0. The monoisotopic (exact) mass is 463 g/mol. The number of fused-ring (bicyclic) bond motifs is 4. The average molecular weight is 464 g/mol. The van der Waals surface area contributed by atoms with Gasteiger partial charge in [-0.2, -0.15) is 0 Å². The smallest absolute Gasteiger partial charge is 0.135 e. The van der Waals surface area contributed by atoms with Crippen molar-refractivity contribution in [1.82, 2.24) is 0 Å². The van der Waals surface area contributed by atoms with Crippen molar-refractivity contribution in [3.8, 4) is 11.1 Å². The summed E-state index contributed by atoms with van der Waals surface area (Å²) in [6, 6.07) is 39.1. The van der Waals surface area contributed by atoms with Crippen LogP contribution < -0.4 is 4.90 Å². The molecule has 0 saturated heterocycles. The standard InChI is InChI=1S/C34H25NO/c1-3-12-26(13-4-1)35(27-14-5-2-6-15-27)28-19-21-34-32(23-28)31-22-25(18-20-33(31)36-34)30-17-9-11-24-10-7-8-16-29(24)30/h1-14,16-23,27H,15H2. The molecule has 7 rings (SSSR count). The maximum absolute atomic E-state index is 6.27. The van der Waals surface area contributed by atoms with Gasteiger partial charge in [0.1, 0.15) is 11.2 Å². The molecule has 0 N–H and O–H groups in total. The summed E-state index contributed by atoms with van der Waals surface area (Å²) in [5.74, 6) is 0. The molecule has 1 atom stereocenters. The third kappa shape index (κ3) is 3.50. The van der Waals surface area contributed by atoms with Crippen LogP contribution in [0.1, 0.15) is 6.42 Å². The highest BCUT2D eigenvalue weighted by Crippen LogP contribution is 2.38. The van der Waals surface area contributed by atoms with Gasteiger partial charge in [-0.3, -0.25) is 0 Å². The van der Waals surface area contributed by atoms with Crippen LogP contribution in [0.3, 0.4) is 0 Å². The number of rotatable bonds is 4. The van der Waals surface area contributed by atoms with Crippen molar-refractivity contribution < 1.29 is 4.42 Å². The van der Waals surface area contributed by atoms with E-state index < -0.39 is 0 Å². The first-order valence-electron chi connectivity index (χ1n) is 12.5. The van der Waals surface area contributed by atoms with E-state index in [9.17, 15) is 0 Å². The summed E-state index contributed by atoms with van der Waals surface area (Å²) in [6.07, 6.45) is 9.76. The van der Waals surface area contributed by atoms with Crippen LogP contribution in [-0.2, 0) is 0 Å². The van der Waals surface area contributed by atoms with Gasteiger partial charge in [-0.05, 0) is 70.8 Å². The molecule has 0 aliphatic heterocycles. The highest BCUT2D eigenvalue weighted by Gasteiger charge is 2.20. The summed E-state index contributed by atoms with van der Waals surface area (Å²) in [7, 11) is 0. The molecule has 0 radical (unpaired) electrons. The first-order valence-corrected chi connectivity index (χ1v) is 12.5. The summed E-state index contributed by atoms with van der Waals surface area (Å²) in [5.41, 5.74) is 6.62. The van der Waals surface area contributed by atoms with Gasteiger partial charge < -0.3 is 9.32 Å². The molecular formula is C34H25NO. The summed E-state index contributed by atoms with van der Waals surface area (Å²) in [4.78, 5) is 2.42. The fraction of sp³-hybridized carbons (Fsp3) is 0.0588. The van der Waals surface area contributed by atoms with E-state index in [4.69, 9.17) is 4.42 Å². The molecule has 1 unspecified atom stereocenters. The molecule has 1 aliphatic carbocycles. The number of benzene rings is 5. The number of hydrogen-bond acceptors (Lipinski definition) is 2. The fourth-order valence-electron chi connectivity index (χ4n) is 5.44.